The Bertz CT molecular complexity index is 239. The van der Waals surface area contributed by atoms with Crippen LogP contribution >= 0.6 is 0 Å². The molecule has 1 aliphatic carbocycles. The number of aliphatic hydroxyl groups excluding tert-OH is 1. The number of hydrogen-bond acceptors (Lipinski definition) is 3. The standard InChI is InChI=1S/C12H21NO3/c14-9-12(4-1-5-12)11(15)13-8-10-2-6-16-7-3-10/h10,14H,1-9H2,(H,13,15). The Hall–Kier alpha value is -0.610. The lowest BCUT2D eigenvalue weighted by atomic mass is 9.68. The van der Waals surface area contributed by atoms with Crippen LogP contribution < -0.4 is 5.32 Å². The van der Waals surface area contributed by atoms with E-state index in [-0.39, 0.29) is 12.5 Å². The van der Waals surface area contributed by atoms with Crippen LogP contribution in [0.1, 0.15) is 32.1 Å². The molecule has 0 aromatic carbocycles. The second kappa shape index (κ2) is 5.15. The van der Waals surface area contributed by atoms with Crippen LogP contribution in [0.5, 0.6) is 0 Å². The summed E-state index contributed by atoms with van der Waals surface area (Å²) >= 11 is 0. The zero-order chi connectivity index (χ0) is 11.4. The zero-order valence-electron chi connectivity index (χ0n) is 9.71. The summed E-state index contributed by atoms with van der Waals surface area (Å²) in [5.74, 6) is 0.598. The van der Waals surface area contributed by atoms with Gasteiger partial charge >= 0.3 is 0 Å². The largest absolute Gasteiger partial charge is 0.395 e. The molecular formula is C12H21NO3. The second-order valence-corrected chi connectivity index (χ2v) is 5.06. The molecule has 0 bridgehead atoms. The van der Waals surface area contributed by atoms with Crippen molar-refractivity contribution in [2.75, 3.05) is 26.4 Å². The number of ether oxygens (including phenoxy) is 1. The molecule has 0 spiro atoms. The Morgan fingerprint density at radius 1 is 1.38 bits per heavy atom. The number of aliphatic hydroxyl groups is 1. The van der Waals surface area contributed by atoms with E-state index in [9.17, 15) is 9.90 Å². The molecule has 0 aromatic heterocycles. The van der Waals surface area contributed by atoms with E-state index in [0.717, 1.165) is 51.9 Å². The molecular weight excluding hydrogens is 206 g/mol. The highest BCUT2D eigenvalue weighted by Crippen LogP contribution is 2.40. The molecule has 16 heavy (non-hydrogen) atoms. The molecule has 1 heterocycles. The number of hydrogen-bond donors (Lipinski definition) is 2. The predicted octanol–water partition coefficient (Wildman–Crippen LogP) is 0.692. The molecule has 1 saturated heterocycles. The Morgan fingerprint density at radius 3 is 2.56 bits per heavy atom. The van der Waals surface area contributed by atoms with E-state index in [0.29, 0.717) is 5.92 Å². The fourth-order valence-electron chi connectivity index (χ4n) is 2.44. The monoisotopic (exact) mass is 227 g/mol. The third-order valence-corrected chi connectivity index (χ3v) is 3.99. The molecule has 92 valence electrons. The van der Waals surface area contributed by atoms with Crippen LogP contribution in [0.15, 0.2) is 0 Å². The van der Waals surface area contributed by atoms with Gasteiger partial charge in [0, 0.05) is 19.8 Å². The smallest absolute Gasteiger partial charge is 0.228 e. The van der Waals surface area contributed by atoms with Gasteiger partial charge in [0.1, 0.15) is 0 Å². The minimum Gasteiger partial charge on any atom is -0.395 e. The van der Waals surface area contributed by atoms with E-state index in [2.05, 4.69) is 5.32 Å². The second-order valence-electron chi connectivity index (χ2n) is 5.06. The van der Waals surface area contributed by atoms with Crippen molar-refractivity contribution in [3.63, 3.8) is 0 Å². The Labute approximate surface area is 96.4 Å². The van der Waals surface area contributed by atoms with Crippen molar-refractivity contribution in [3.05, 3.63) is 0 Å². The van der Waals surface area contributed by atoms with Crippen molar-refractivity contribution in [2.24, 2.45) is 11.3 Å². The number of carbonyl (C=O) groups is 1. The topological polar surface area (TPSA) is 58.6 Å². The van der Waals surface area contributed by atoms with Crippen LogP contribution in [0, 0.1) is 11.3 Å². The summed E-state index contributed by atoms with van der Waals surface area (Å²) in [5.41, 5.74) is -0.453. The third kappa shape index (κ3) is 2.38. The van der Waals surface area contributed by atoms with Crippen molar-refractivity contribution < 1.29 is 14.6 Å². The summed E-state index contributed by atoms with van der Waals surface area (Å²) in [7, 11) is 0. The van der Waals surface area contributed by atoms with Gasteiger partial charge in [0.15, 0.2) is 0 Å². The maximum absolute atomic E-state index is 11.9. The molecule has 2 N–H and O–H groups in total. The van der Waals surface area contributed by atoms with E-state index >= 15 is 0 Å². The van der Waals surface area contributed by atoms with Gasteiger partial charge in [-0.1, -0.05) is 6.42 Å². The first-order chi connectivity index (χ1) is 7.77. The molecule has 0 aromatic rings. The van der Waals surface area contributed by atoms with Crippen LogP contribution in [-0.4, -0.2) is 37.4 Å². The highest BCUT2D eigenvalue weighted by Gasteiger charge is 2.43. The van der Waals surface area contributed by atoms with Crippen molar-refractivity contribution in [2.45, 2.75) is 32.1 Å². The molecule has 2 rings (SSSR count). The number of carbonyl (C=O) groups excluding carboxylic acids is 1. The number of rotatable bonds is 4. The predicted molar refractivity (Wildman–Crippen MR) is 59.9 cm³/mol. The minimum absolute atomic E-state index is 0.00733. The molecule has 4 nitrogen and oxygen atoms in total. The van der Waals surface area contributed by atoms with Gasteiger partial charge in [0.2, 0.25) is 5.91 Å². The molecule has 0 radical (unpaired) electrons. The number of nitrogens with one attached hydrogen (secondary N) is 1. The molecule has 1 saturated carbocycles. The lowest BCUT2D eigenvalue weighted by molar-refractivity contribution is -0.139. The average molecular weight is 227 g/mol. The highest BCUT2D eigenvalue weighted by atomic mass is 16.5. The van der Waals surface area contributed by atoms with Gasteiger partial charge in [-0.25, -0.2) is 0 Å². The summed E-state index contributed by atoms with van der Waals surface area (Å²) in [6.45, 7) is 2.36. The minimum atomic E-state index is -0.453. The molecule has 2 aliphatic rings. The van der Waals surface area contributed by atoms with Gasteiger partial charge in [-0.3, -0.25) is 4.79 Å². The van der Waals surface area contributed by atoms with Crippen molar-refractivity contribution in [1.82, 2.24) is 5.32 Å². The average Bonchev–Trinajstić information content (AvgIpc) is 2.27. The van der Waals surface area contributed by atoms with E-state index in [1.54, 1.807) is 0 Å². The first-order valence-corrected chi connectivity index (χ1v) is 6.24. The molecule has 0 atom stereocenters. The van der Waals surface area contributed by atoms with E-state index in [1.807, 2.05) is 0 Å². The molecule has 4 heteroatoms. The fraction of sp³-hybridized carbons (Fsp3) is 0.917. The van der Waals surface area contributed by atoms with Crippen LogP contribution in [0.3, 0.4) is 0 Å². The van der Waals surface area contributed by atoms with E-state index in [4.69, 9.17) is 4.74 Å². The van der Waals surface area contributed by atoms with Gasteiger partial charge in [-0.15, -0.1) is 0 Å². The van der Waals surface area contributed by atoms with Gasteiger partial charge < -0.3 is 15.2 Å². The van der Waals surface area contributed by atoms with Gasteiger partial charge in [0.25, 0.3) is 0 Å². The van der Waals surface area contributed by atoms with E-state index < -0.39 is 5.41 Å². The number of amides is 1. The van der Waals surface area contributed by atoms with Gasteiger partial charge in [-0.2, -0.15) is 0 Å². The Balaban J connectivity index is 1.74. The van der Waals surface area contributed by atoms with Crippen molar-refractivity contribution in [1.29, 1.82) is 0 Å². The van der Waals surface area contributed by atoms with E-state index in [1.165, 1.54) is 0 Å². The molecule has 0 unspecified atom stereocenters. The van der Waals surface area contributed by atoms with Gasteiger partial charge in [0.05, 0.1) is 12.0 Å². The lowest BCUT2D eigenvalue weighted by Crippen LogP contribution is -2.49. The first-order valence-electron chi connectivity index (χ1n) is 6.24. The van der Waals surface area contributed by atoms with Crippen LogP contribution in [-0.2, 0) is 9.53 Å². The summed E-state index contributed by atoms with van der Waals surface area (Å²) in [6.07, 6.45) is 4.80. The summed E-state index contributed by atoms with van der Waals surface area (Å²) in [5, 5.41) is 12.3. The SMILES string of the molecule is O=C(NCC1CCOCC1)C1(CO)CCC1. The molecule has 1 amide bonds. The molecule has 2 fully saturated rings. The van der Waals surface area contributed by atoms with Crippen molar-refractivity contribution in [3.8, 4) is 0 Å². The van der Waals surface area contributed by atoms with Gasteiger partial charge in [-0.05, 0) is 31.6 Å². The quantitative estimate of drug-likeness (QED) is 0.743. The molecule has 1 aliphatic heterocycles. The fourth-order valence-corrected chi connectivity index (χ4v) is 2.44. The third-order valence-electron chi connectivity index (χ3n) is 3.99. The summed E-state index contributed by atoms with van der Waals surface area (Å²) < 4.78 is 5.27. The van der Waals surface area contributed by atoms with Crippen LogP contribution in [0.25, 0.3) is 0 Å². The zero-order valence-corrected chi connectivity index (χ0v) is 9.71. The van der Waals surface area contributed by atoms with Crippen LogP contribution in [0.2, 0.25) is 0 Å². The maximum Gasteiger partial charge on any atom is 0.228 e. The Kier molecular flexibility index (Phi) is 3.82. The highest BCUT2D eigenvalue weighted by molar-refractivity contribution is 5.83. The lowest BCUT2D eigenvalue weighted by Gasteiger charge is -2.38. The summed E-state index contributed by atoms with van der Waals surface area (Å²) in [4.78, 5) is 11.9. The first kappa shape index (κ1) is 11.9. The summed E-state index contributed by atoms with van der Waals surface area (Å²) in [6, 6.07) is 0. The maximum atomic E-state index is 11.9. The normalized spacial score (nSPS) is 24.8. The van der Waals surface area contributed by atoms with Crippen molar-refractivity contribution >= 4 is 5.91 Å². The Morgan fingerprint density at radius 2 is 2.06 bits per heavy atom. The van der Waals surface area contributed by atoms with Crippen LogP contribution in [0.4, 0.5) is 0 Å².